The first-order valence-electron chi connectivity index (χ1n) is 5.33. The molecule has 1 saturated heterocycles. The summed E-state index contributed by atoms with van der Waals surface area (Å²) < 4.78 is 17.4. The second-order valence-electron chi connectivity index (χ2n) is 3.68. The number of halogens is 1. The van der Waals surface area contributed by atoms with Crippen molar-refractivity contribution in [3.05, 3.63) is 30.3 Å². The fourth-order valence-corrected chi connectivity index (χ4v) is 4.75. The Morgan fingerprint density at radius 1 is 1.12 bits per heavy atom. The zero-order valence-electron chi connectivity index (χ0n) is 9.71. The van der Waals surface area contributed by atoms with Gasteiger partial charge in [-0.15, -0.1) is 0 Å². The summed E-state index contributed by atoms with van der Waals surface area (Å²) in [5, 5.41) is -0.162. The normalized spacial score (nSPS) is 32.9. The first-order chi connectivity index (χ1) is 8.26. The van der Waals surface area contributed by atoms with E-state index >= 15 is 0 Å². The van der Waals surface area contributed by atoms with E-state index in [0.717, 1.165) is 0 Å². The molecule has 0 saturated carbocycles. The summed E-state index contributed by atoms with van der Waals surface area (Å²) in [5.41, 5.74) is 0. The van der Waals surface area contributed by atoms with Crippen LogP contribution in [0.25, 0.3) is 0 Å². The van der Waals surface area contributed by atoms with Crippen molar-refractivity contribution in [2.24, 2.45) is 0 Å². The van der Waals surface area contributed by atoms with E-state index in [2.05, 4.69) is 12.1 Å². The Morgan fingerprint density at radius 3 is 2.35 bits per heavy atom. The standard InChI is InChI=1S/C12H15ClO3Se/c1-14-11-9(13)10(12(15-2)16-11)17-8-6-4-3-5-7-8/h3-7,9-12H,1-2H3/t9-,10-,11+,12+/m1/s1. The van der Waals surface area contributed by atoms with E-state index in [1.54, 1.807) is 14.2 Å². The number of hydrogen-bond acceptors (Lipinski definition) is 3. The molecule has 0 aliphatic carbocycles. The van der Waals surface area contributed by atoms with Gasteiger partial charge in [-0.05, 0) is 0 Å². The van der Waals surface area contributed by atoms with E-state index in [9.17, 15) is 0 Å². The van der Waals surface area contributed by atoms with Gasteiger partial charge in [0, 0.05) is 0 Å². The van der Waals surface area contributed by atoms with Gasteiger partial charge in [0.2, 0.25) is 0 Å². The molecule has 17 heavy (non-hydrogen) atoms. The predicted octanol–water partition coefficient (Wildman–Crippen LogP) is 1.39. The fourth-order valence-electron chi connectivity index (χ4n) is 1.74. The fraction of sp³-hybridized carbons (Fsp3) is 0.500. The van der Waals surface area contributed by atoms with E-state index < -0.39 is 0 Å². The molecule has 0 spiro atoms. The second kappa shape index (κ2) is 6.19. The quantitative estimate of drug-likeness (QED) is 0.619. The van der Waals surface area contributed by atoms with E-state index in [4.69, 9.17) is 25.8 Å². The summed E-state index contributed by atoms with van der Waals surface area (Å²) in [6, 6.07) is 10.3. The monoisotopic (exact) mass is 322 g/mol. The molecular formula is C12H15ClO3Se. The molecule has 0 amide bonds. The molecule has 2 rings (SSSR count). The Balaban J connectivity index is 2.08. The molecule has 3 nitrogen and oxygen atoms in total. The molecule has 1 aromatic rings. The van der Waals surface area contributed by atoms with Crippen molar-refractivity contribution in [2.45, 2.75) is 22.8 Å². The zero-order chi connectivity index (χ0) is 12.3. The molecule has 4 atom stereocenters. The first kappa shape index (κ1) is 13.3. The molecule has 0 bridgehead atoms. The Labute approximate surface area is 113 Å². The number of rotatable bonds is 4. The van der Waals surface area contributed by atoms with Crippen LogP contribution in [0.4, 0.5) is 0 Å². The molecule has 94 valence electrons. The van der Waals surface area contributed by atoms with Gasteiger partial charge in [0.05, 0.1) is 0 Å². The van der Waals surface area contributed by atoms with Crippen LogP contribution < -0.4 is 4.46 Å². The molecule has 0 aromatic heterocycles. The average molecular weight is 322 g/mol. The van der Waals surface area contributed by atoms with E-state index in [1.165, 1.54) is 4.46 Å². The second-order valence-corrected chi connectivity index (χ2v) is 6.81. The van der Waals surface area contributed by atoms with E-state index in [1.807, 2.05) is 18.2 Å². The van der Waals surface area contributed by atoms with Crippen LogP contribution in [-0.2, 0) is 14.2 Å². The number of ether oxygens (including phenoxy) is 3. The summed E-state index contributed by atoms with van der Waals surface area (Å²) in [6.07, 6.45) is -0.653. The minimum atomic E-state index is -0.378. The number of methoxy groups -OCH3 is 2. The SMILES string of the molecule is CO[C@H]1O[C@H](OC)[C@H]([Se]c2ccccc2)[C@H]1Cl. The predicted molar refractivity (Wildman–Crippen MR) is 67.9 cm³/mol. The van der Waals surface area contributed by atoms with Crippen molar-refractivity contribution in [2.75, 3.05) is 14.2 Å². The Bertz CT molecular complexity index is 347. The third kappa shape index (κ3) is 3.02. The van der Waals surface area contributed by atoms with Gasteiger partial charge >= 0.3 is 113 Å². The van der Waals surface area contributed by atoms with Gasteiger partial charge in [-0.1, -0.05) is 0 Å². The van der Waals surface area contributed by atoms with Crippen molar-refractivity contribution in [1.29, 1.82) is 0 Å². The summed E-state index contributed by atoms with van der Waals surface area (Å²) in [4.78, 5) is 0.168. The van der Waals surface area contributed by atoms with Crippen LogP contribution >= 0.6 is 11.6 Å². The van der Waals surface area contributed by atoms with Crippen LogP contribution in [0, 0.1) is 0 Å². The van der Waals surface area contributed by atoms with Crippen LogP contribution in [0.3, 0.4) is 0 Å². The molecule has 1 aliphatic heterocycles. The van der Waals surface area contributed by atoms with Crippen LogP contribution in [-0.4, -0.2) is 47.1 Å². The minimum absolute atomic E-state index is 0.162. The molecule has 1 heterocycles. The van der Waals surface area contributed by atoms with E-state index in [0.29, 0.717) is 0 Å². The van der Waals surface area contributed by atoms with Crippen molar-refractivity contribution in [3.63, 3.8) is 0 Å². The van der Waals surface area contributed by atoms with Crippen molar-refractivity contribution < 1.29 is 14.2 Å². The summed E-state index contributed by atoms with van der Waals surface area (Å²) >= 11 is 6.56. The van der Waals surface area contributed by atoms with Gasteiger partial charge in [0.25, 0.3) is 0 Å². The topological polar surface area (TPSA) is 27.7 Å². The molecule has 1 aromatic carbocycles. The first-order valence-corrected chi connectivity index (χ1v) is 7.61. The van der Waals surface area contributed by atoms with Gasteiger partial charge in [0.15, 0.2) is 0 Å². The molecule has 0 N–H and O–H groups in total. The summed E-state index contributed by atoms with van der Waals surface area (Å²) in [7, 11) is 3.24. The van der Waals surface area contributed by atoms with Crippen LogP contribution in [0.2, 0.25) is 4.82 Å². The van der Waals surface area contributed by atoms with Crippen molar-refractivity contribution in [3.8, 4) is 0 Å². The summed E-state index contributed by atoms with van der Waals surface area (Å²) in [5.74, 6) is 0. The molecule has 0 radical (unpaired) electrons. The Hall–Kier alpha value is -0.0905. The van der Waals surface area contributed by atoms with E-state index in [-0.39, 0.29) is 37.7 Å². The maximum absolute atomic E-state index is 6.35. The Morgan fingerprint density at radius 2 is 1.76 bits per heavy atom. The van der Waals surface area contributed by atoms with Crippen molar-refractivity contribution in [1.82, 2.24) is 0 Å². The van der Waals surface area contributed by atoms with Crippen molar-refractivity contribution >= 4 is 31.0 Å². The molecule has 1 fully saturated rings. The number of hydrogen-bond donors (Lipinski definition) is 0. The molecular weight excluding hydrogens is 307 g/mol. The van der Waals surface area contributed by atoms with Gasteiger partial charge < -0.3 is 0 Å². The third-order valence-corrected chi connectivity index (χ3v) is 6.20. The number of alkyl halides is 1. The number of benzene rings is 1. The summed E-state index contributed by atoms with van der Waals surface area (Å²) in [6.45, 7) is 0. The molecule has 5 heteroatoms. The Kier molecular flexibility index (Phi) is 4.86. The van der Waals surface area contributed by atoms with Crippen LogP contribution in [0.5, 0.6) is 0 Å². The van der Waals surface area contributed by atoms with Crippen LogP contribution in [0.15, 0.2) is 30.3 Å². The van der Waals surface area contributed by atoms with Gasteiger partial charge in [-0.3, -0.25) is 0 Å². The third-order valence-electron chi connectivity index (χ3n) is 2.59. The molecule has 0 unspecified atom stereocenters. The maximum atomic E-state index is 6.35. The van der Waals surface area contributed by atoms with Gasteiger partial charge in [0.1, 0.15) is 0 Å². The average Bonchev–Trinajstić information content (AvgIpc) is 2.68. The van der Waals surface area contributed by atoms with Gasteiger partial charge in [-0.2, -0.15) is 0 Å². The van der Waals surface area contributed by atoms with Gasteiger partial charge in [-0.25, -0.2) is 0 Å². The zero-order valence-corrected chi connectivity index (χ0v) is 12.2. The van der Waals surface area contributed by atoms with Crippen LogP contribution in [0.1, 0.15) is 0 Å². The molecule has 1 aliphatic rings.